The molecule has 0 spiro atoms. The maximum Gasteiger partial charge on any atom is 0.273 e. The monoisotopic (exact) mass is 297 g/mol. The van der Waals surface area contributed by atoms with E-state index >= 15 is 0 Å². The van der Waals surface area contributed by atoms with Gasteiger partial charge < -0.3 is 4.90 Å². The Kier molecular flexibility index (Phi) is 2.92. The number of fused-ring (bicyclic) bond motifs is 1. The van der Waals surface area contributed by atoms with E-state index in [-0.39, 0.29) is 11.9 Å². The van der Waals surface area contributed by atoms with Crippen molar-refractivity contribution in [3.63, 3.8) is 0 Å². The molecule has 0 aromatic carbocycles. The number of aromatic nitrogens is 4. The molecule has 0 radical (unpaired) electrons. The Morgan fingerprint density at radius 2 is 2.23 bits per heavy atom. The first kappa shape index (κ1) is 13.0. The van der Waals surface area contributed by atoms with Gasteiger partial charge >= 0.3 is 0 Å². The van der Waals surface area contributed by atoms with E-state index in [0.717, 1.165) is 29.7 Å². The van der Waals surface area contributed by atoms with Crippen molar-refractivity contribution in [2.45, 2.75) is 25.8 Å². The third-order valence-corrected chi connectivity index (χ3v) is 4.16. The summed E-state index contributed by atoms with van der Waals surface area (Å²) in [4.78, 5) is 14.8. The molecule has 1 amide bonds. The maximum atomic E-state index is 13.0. The Bertz CT molecular complexity index is 837. The highest BCUT2D eigenvalue weighted by Gasteiger charge is 2.34. The quantitative estimate of drug-likeness (QED) is 0.723. The molecule has 4 heterocycles. The van der Waals surface area contributed by atoms with Crippen molar-refractivity contribution in [1.29, 1.82) is 0 Å². The molecule has 1 unspecified atom stereocenters. The van der Waals surface area contributed by atoms with E-state index in [1.807, 2.05) is 30.0 Å². The molecular formula is C15H15N5O2. The molecule has 112 valence electrons. The number of nitrogens with zero attached hydrogens (tertiary/aromatic N) is 5. The lowest BCUT2D eigenvalue weighted by atomic mass is 10.1. The lowest BCUT2D eigenvalue weighted by Crippen LogP contribution is -2.32. The van der Waals surface area contributed by atoms with Crippen LogP contribution in [-0.2, 0) is 0 Å². The molecule has 0 aliphatic carbocycles. The standard InChI is InChI=1S/C15H15N5O2/c1-10-14(18-22-17-10)12-6-3-9-19(12)15(21)13-5-2-4-11-7-8-16-20(11)13/h2,4-5,7-8,12H,3,6,9H2,1H3. The SMILES string of the molecule is Cc1nonc1C1CCCN1C(=O)c1cccc2ccnn12. The number of pyridine rings is 1. The predicted octanol–water partition coefficient (Wildman–Crippen LogP) is 2.00. The van der Waals surface area contributed by atoms with Gasteiger partial charge in [0.1, 0.15) is 17.1 Å². The van der Waals surface area contributed by atoms with Crippen LogP contribution in [0.4, 0.5) is 0 Å². The van der Waals surface area contributed by atoms with Crippen LogP contribution in [0.1, 0.15) is 40.8 Å². The van der Waals surface area contributed by atoms with Crippen LogP contribution < -0.4 is 0 Å². The largest absolute Gasteiger partial charge is 0.328 e. The van der Waals surface area contributed by atoms with Crippen LogP contribution in [0.3, 0.4) is 0 Å². The summed E-state index contributed by atoms with van der Waals surface area (Å²) in [6.07, 6.45) is 3.51. The van der Waals surface area contributed by atoms with E-state index in [2.05, 4.69) is 15.4 Å². The van der Waals surface area contributed by atoms with Gasteiger partial charge in [0.25, 0.3) is 5.91 Å². The van der Waals surface area contributed by atoms with Gasteiger partial charge in [0, 0.05) is 6.54 Å². The normalized spacial score (nSPS) is 18.2. The fourth-order valence-corrected chi connectivity index (χ4v) is 3.09. The lowest BCUT2D eigenvalue weighted by Gasteiger charge is -2.23. The lowest BCUT2D eigenvalue weighted by molar-refractivity contribution is 0.0721. The number of aryl methyl sites for hydroxylation is 1. The molecule has 1 saturated heterocycles. The van der Waals surface area contributed by atoms with Gasteiger partial charge in [-0.25, -0.2) is 9.14 Å². The Labute approximate surface area is 126 Å². The molecule has 7 nitrogen and oxygen atoms in total. The van der Waals surface area contributed by atoms with Crippen LogP contribution in [0, 0.1) is 6.92 Å². The minimum absolute atomic E-state index is 0.0424. The van der Waals surface area contributed by atoms with E-state index in [9.17, 15) is 4.79 Å². The second-order valence-electron chi connectivity index (χ2n) is 5.47. The number of amides is 1. The third-order valence-electron chi connectivity index (χ3n) is 4.16. The van der Waals surface area contributed by atoms with Crippen LogP contribution in [0.2, 0.25) is 0 Å². The minimum Gasteiger partial charge on any atom is -0.328 e. The number of hydrogen-bond acceptors (Lipinski definition) is 5. The molecule has 0 N–H and O–H groups in total. The Morgan fingerprint density at radius 1 is 1.32 bits per heavy atom. The fraction of sp³-hybridized carbons (Fsp3) is 0.333. The topological polar surface area (TPSA) is 76.5 Å². The summed E-state index contributed by atoms with van der Waals surface area (Å²) in [5.74, 6) is -0.0424. The first-order valence-electron chi connectivity index (χ1n) is 7.28. The summed E-state index contributed by atoms with van der Waals surface area (Å²) in [6.45, 7) is 2.55. The number of carbonyl (C=O) groups is 1. The molecule has 1 aliphatic rings. The van der Waals surface area contributed by atoms with E-state index < -0.39 is 0 Å². The van der Waals surface area contributed by atoms with Gasteiger partial charge in [-0.05, 0) is 38.0 Å². The Balaban J connectivity index is 1.73. The van der Waals surface area contributed by atoms with Gasteiger partial charge in [0.05, 0.1) is 17.8 Å². The van der Waals surface area contributed by atoms with Crippen LogP contribution >= 0.6 is 0 Å². The zero-order valence-electron chi connectivity index (χ0n) is 12.1. The number of hydrogen-bond donors (Lipinski definition) is 0. The van der Waals surface area contributed by atoms with Crippen molar-refractivity contribution in [2.75, 3.05) is 6.54 Å². The zero-order chi connectivity index (χ0) is 15.1. The molecule has 4 rings (SSSR count). The highest BCUT2D eigenvalue weighted by molar-refractivity contribution is 5.93. The van der Waals surface area contributed by atoms with E-state index in [4.69, 9.17) is 4.63 Å². The molecule has 7 heteroatoms. The zero-order valence-corrected chi connectivity index (χ0v) is 12.1. The summed E-state index contributed by atoms with van der Waals surface area (Å²) in [5, 5.41) is 12.0. The molecule has 0 saturated carbocycles. The summed E-state index contributed by atoms with van der Waals surface area (Å²) in [5.41, 5.74) is 2.95. The second-order valence-corrected chi connectivity index (χ2v) is 5.47. The average Bonchev–Trinajstić information content (AvgIpc) is 3.25. The van der Waals surface area contributed by atoms with Gasteiger partial charge in [-0.3, -0.25) is 4.79 Å². The minimum atomic E-state index is -0.0791. The maximum absolute atomic E-state index is 13.0. The van der Waals surface area contributed by atoms with Crippen molar-refractivity contribution >= 4 is 11.4 Å². The molecule has 22 heavy (non-hydrogen) atoms. The Morgan fingerprint density at radius 3 is 3.05 bits per heavy atom. The van der Waals surface area contributed by atoms with Crippen molar-refractivity contribution in [3.8, 4) is 0 Å². The summed E-state index contributed by atoms with van der Waals surface area (Å²) in [6, 6.07) is 7.40. The molecule has 0 bridgehead atoms. The molecule has 1 atom stereocenters. The number of carbonyl (C=O) groups excluding carboxylic acids is 1. The van der Waals surface area contributed by atoms with Crippen LogP contribution in [0.15, 0.2) is 35.1 Å². The van der Waals surface area contributed by atoms with Crippen LogP contribution in [-0.4, -0.2) is 37.3 Å². The van der Waals surface area contributed by atoms with Gasteiger partial charge in [0.2, 0.25) is 0 Å². The third kappa shape index (κ3) is 1.89. The van der Waals surface area contributed by atoms with Crippen LogP contribution in [0.5, 0.6) is 0 Å². The molecule has 1 fully saturated rings. The van der Waals surface area contributed by atoms with Crippen molar-refractivity contribution in [1.82, 2.24) is 24.8 Å². The highest BCUT2D eigenvalue weighted by atomic mass is 16.6. The van der Waals surface area contributed by atoms with Gasteiger partial charge in [-0.15, -0.1) is 0 Å². The smallest absolute Gasteiger partial charge is 0.273 e. The van der Waals surface area contributed by atoms with Gasteiger partial charge in [-0.2, -0.15) is 5.10 Å². The average molecular weight is 297 g/mol. The van der Waals surface area contributed by atoms with Gasteiger partial charge in [-0.1, -0.05) is 16.4 Å². The molecule has 3 aromatic rings. The van der Waals surface area contributed by atoms with E-state index in [0.29, 0.717) is 12.2 Å². The summed E-state index contributed by atoms with van der Waals surface area (Å²) < 4.78 is 6.47. The summed E-state index contributed by atoms with van der Waals surface area (Å²) in [7, 11) is 0. The van der Waals surface area contributed by atoms with Crippen LogP contribution in [0.25, 0.3) is 5.52 Å². The highest BCUT2D eigenvalue weighted by Crippen LogP contribution is 2.33. The van der Waals surface area contributed by atoms with Crippen molar-refractivity contribution in [3.05, 3.63) is 47.5 Å². The molecule has 1 aliphatic heterocycles. The Hall–Kier alpha value is -2.70. The van der Waals surface area contributed by atoms with Crippen molar-refractivity contribution in [2.24, 2.45) is 0 Å². The number of likely N-dealkylation sites (tertiary alicyclic amines) is 1. The molecular weight excluding hydrogens is 282 g/mol. The molecule has 3 aromatic heterocycles. The predicted molar refractivity (Wildman–Crippen MR) is 77.2 cm³/mol. The second kappa shape index (κ2) is 4.94. The van der Waals surface area contributed by atoms with Crippen molar-refractivity contribution < 1.29 is 9.42 Å². The number of rotatable bonds is 2. The van der Waals surface area contributed by atoms with E-state index in [1.165, 1.54) is 0 Å². The van der Waals surface area contributed by atoms with Gasteiger partial charge in [0.15, 0.2) is 0 Å². The fourth-order valence-electron chi connectivity index (χ4n) is 3.09. The van der Waals surface area contributed by atoms with E-state index in [1.54, 1.807) is 16.8 Å². The summed E-state index contributed by atoms with van der Waals surface area (Å²) >= 11 is 0. The first-order valence-corrected chi connectivity index (χ1v) is 7.28. The first-order chi connectivity index (χ1) is 10.8.